The molecule has 0 radical (unpaired) electrons. The number of likely N-dealkylation sites (tertiary alicyclic amines) is 1. The van der Waals surface area contributed by atoms with E-state index in [2.05, 4.69) is 11.8 Å². The van der Waals surface area contributed by atoms with E-state index in [9.17, 15) is 5.11 Å². The molecule has 1 aromatic rings. The first-order valence-corrected chi connectivity index (χ1v) is 7.35. The lowest BCUT2D eigenvalue weighted by Gasteiger charge is -2.39. The molecule has 2 unspecified atom stereocenters. The molecular weight excluding hydrogens is 238 g/mol. The molecular formula is C16H23NO2. The fourth-order valence-corrected chi connectivity index (χ4v) is 3.23. The third kappa shape index (κ3) is 2.77. The Hall–Kier alpha value is -1.06. The third-order valence-electron chi connectivity index (χ3n) is 4.42. The molecule has 1 fully saturated rings. The van der Waals surface area contributed by atoms with Gasteiger partial charge >= 0.3 is 0 Å². The summed E-state index contributed by atoms with van der Waals surface area (Å²) in [6, 6.07) is 7.85. The first-order chi connectivity index (χ1) is 9.16. The fraction of sp³-hybridized carbons (Fsp3) is 0.625. The van der Waals surface area contributed by atoms with Gasteiger partial charge in [0, 0.05) is 18.5 Å². The standard InChI is InChI=1S/C16H23NO2/c1-16(8-11-17-9-4-5-10-17)12-14(18)13-6-2-3-7-15(13)19-16/h2-3,6-7,14,18H,4-5,8-12H2,1H3. The molecule has 3 rings (SSSR count). The maximum atomic E-state index is 10.3. The summed E-state index contributed by atoms with van der Waals surface area (Å²) in [5.41, 5.74) is 0.692. The number of para-hydroxylation sites is 1. The highest BCUT2D eigenvalue weighted by atomic mass is 16.5. The van der Waals surface area contributed by atoms with Gasteiger partial charge in [0.05, 0.1) is 6.10 Å². The van der Waals surface area contributed by atoms with Crippen molar-refractivity contribution < 1.29 is 9.84 Å². The summed E-state index contributed by atoms with van der Waals surface area (Å²) in [7, 11) is 0. The quantitative estimate of drug-likeness (QED) is 0.908. The van der Waals surface area contributed by atoms with E-state index in [4.69, 9.17) is 4.74 Å². The lowest BCUT2D eigenvalue weighted by molar-refractivity contribution is -0.0115. The van der Waals surface area contributed by atoms with E-state index in [0.29, 0.717) is 6.42 Å². The maximum Gasteiger partial charge on any atom is 0.125 e. The number of hydrogen-bond acceptors (Lipinski definition) is 3. The van der Waals surface area contributed by atoms with Gasteiger partial charge in [-0.15, -0.1) is 0 Å². The van der Waals surface area contributed by atoms with Gasteiger partial charge in [0.15, 0.2) is 0 Å². The summed E-state index contributed by atoms with van der Waals surface area (Å²) in [6.45, 7) is 5.64. The molecule has 2 atom stereocenters. The van der Waals surface area contributed by atoms with E-state index in [1.807, 2.05) is 24.3 Å². The van der Waals surface area contributed by atoms with Crippen LogP contribution in [0.15, 0.2) is 24.3 Å². The summed E-state index contributed by atoms with van der Waals surface area (Å²) in [5.74, 6) is 0.852. The van der Waals surface area contributed by atoms with Crippen molar-refractivity contribution in [2.24, 2.45) is 0 Å². The van der Waals surface area contributed by atoms with Crippen LogP contribution in [0.2, 0.25) is 0 Å². The van der Waals surface area contributed by atoms with Crippen LogP contribution >= 0.6 is 0 Å². The van der Waals surface area contributed by atoms with Gasteiger partial charge in [-0.1, -0.05) is 18.2 Å². The predicted octanol–water partition coefficient (Wildman–Crippen LogP) is 2.75. The molecule has 19 heavy (non-hydrogen) atoms. The monoisotopic (exact) mass is 261 g/mol. The second-order valence-electron chi connectivity index (χ2n) is 6.11. The average molecular weight is 261 g/mol. The Balaban J connectivity index is 1.68. The Labute approximate surface area is 115 Å². The molecule has 0 bridgehead atoms. The van der Waals surface area contributed by atoms with Crippen molar-refractivity contribution in [2.75, 3.05) is 19.6 Å². The first kappa shape index (κ1) is 12.9. The molecule has 0 spiro atoms. The molecule has 0 aromatic heterocycles. The molecule has 2 aliphatic rings. The molecule has 1 saturated heterocycles. The zero-order valence-corrected chi connectivity index (χ0v) is 11.6. The zero-order valence-electron chi connectivity index (χ0n) is 11.6. The number of ether oxygens (including phenoxy) is 1. The third-order valence-corrected chi connectivity index (χ3v) is 4.42. The van der Waals surface area contributed by atoms with Crippen LogP contribution in [0.3, 0.4) is 0 Å². The largest absolute Gasteiger partial charge is 0.487 e. The van der Waals surface area contributed by atoms with E-state index in [-0.39, 0.29) is 5.60 Å². The van der Waals surface area contributed by atoms with Crippen LogP contribution in [0.5, 0.6) is 5.75 Å². The molecule has 3 heteroatoms. The van der Waals surface area contributed by atoms with Crippen LogP contribution in [0.4, 0.5) is 0 Å². The Morgan fingerprint density at radius 3 is 2.84 bits per heavy atom. The van der Waals surface area contributed by atoms with Crippen molar-refractivity contribution in [1.29, 1.82) is 0 Å². The van der Waals surface area contributed by atoms with Crippen LogP contribution in [0.25, 0.3) is 0 Å². The van der Waals surface area contributed by atoms with Crippen LogP contribution < -0.4 is 4.74 Å². The summed E-state index contributed by atoms with van der Waals surface area (Å²) in [5, 5.41) is 10.3. The minimum Gasteiger partial charge on any atom is -0.487 e. The van der Waals surface area contributed by atoms with Gasteiger partial charge in [-0.05, 0) is 45.3 Å². The Kier molecular flexibility index (Phi) is 3.50. The Morgan fingerprint density at radius 2 is 2.05 bits per heavy atom. The van der Waals surface area contributed by atoms with Crippen molar-refractivity contribution >= 4 is 0 Å². The Bertz CT molecular complexity index is 442. The van der Waals surface area contributed by atoms with E-state index < -0.39 is 6.10 Å². The highest BCUT2D eigenvalue weighted by Crippen LogP contribution is 2.40. The molecule has 1 N–H and O–H groups in total. The SMILES string of the molecule is CC1(CCN2CCCC2)CC(O)c2ccccc2O1. The predicted molar refractivity (Wildman–Crippen MR) is 75.3 cm³/mol. The van der Waals surface area contributed by atoms with Gasteiger partial charge in [0.25, 0.3) is 0 Å². The van der Waals surface area contributed by atoms with Crippen molar-refractivity contribution in [3.8, 4) is 5.75 Å². The number of aliphatic hydroxyl groups excluding tert-OH is 1. The van der Waals surface area contributed by atoms with Crippen LogP contribution in [0.1, 0.15) is 44.3 Å². The fourth-order valence-electron chi connectivity index (χ4n) is 3.23. The van der Waals surface area contributed by atoms with Crippen molar-refractivity contribution in [1.82, 2.24) is 4.90 Å². The first-order valence-electron chi connectivity index (χ1n) is 7.35. The number of rotatable bonds is 3. The van der Waals surface area contributed by atoms with Gasteiger partial charge in [-0.3, -0.25) is 0 Å². The molecule has 104 valence electrons. The van der Waals surface area contributed by atoms with E-state index in [1.165, 1.54) is 25.9 Å². The molecule has 3 nitrogen and oxygen atoms in total. The molecule has 1 aromatic carbocycles. The number of aliphatic hydroxyl groups is 1. The van der Waals surface area contributed by atoms with Gasteiger partial charge in [0.1, 0.15) is 11.4 Å². The van der Waals surface area contributed by atoms with Crippen molar-refractivity contribution in [3.63, 3.8) is 0 Å². The molecule has 0 aliphatic carbocycles. The molecule has 2 heterocycles. The van der Waals surface area contributed by atoms with Crippen LogP contribution in [0, 0.1) is 0 Å². The van der Waals surface area contributed by atoms with E-state index >= 15 is 0 Å². The lowest BCUT2D eigenvalue weighted by atomic mass is 9.88. The smallest absolute Gasteiger partial charge is 0.125 e. The summed E-state index contributed by atoms with van der Waals surface area (Å²) < 4.78 is 6.16. The number of hydrogen-bond donors (Lipinski definition) is 1. The number of fused-ring (bicyclic) bond motifs is 1. The van der Waals surface area contributed by atoms with Gasteiger partial charge in [0.2, 0.25) is 0 Å². The molecule has 0 saturated carbocycles. The minimum atomic E-state index is -0.395. The average Bonchev–Trinajstić information content (AvgIpc) is 2.89. The summed E-state index contributed by atoms with van der Waals surface area (Å²) in [4.78, 5) is 2.50. The van der Waals surface area contributed by atoms with Crippen molar-refractivity contribution in [2.45, 2.75) is 44.3 Å². The van der Waals surface area contributed by atoms with E-state index in [0.717, 1.165) is 24.3 Å². The topological polar surface area (TPSA) is 32.7 Å². The number of nitrogens with zero attached hydrogens (tertiary/aromatic N) is 1. The molecule has 2 aliphatic heterocycles. The second kappa shape index (κ2) is 5.14. The van der Waals surface area contributed by atoms with Gasteiger partial charge < -0.3 is 14.7 Å². The zero-order chi connectivity index (χ0) is 13.3. The van der Waals surface area contributed by atoms with Gasteiger partial charge in [-0.25, -0.2) is 0 Å². The van der Waals surface area contributed by atoms with Crippen molar-refractivity contribution in [3.05, 3.63) is 29.8 Å². The van der Waals surface area contributed by atoms with E-state index in [1.54, 1.807) is 0 Å². The van der Waals surface area contributed by atoms with Crippen LogP contribution in [-0.4, -0.2) is 35.2 Å². The highest BCUT2D eigenvalue weighted by Gasteiger charge is 2.36. The summed E-state index contributed by atoms with van der Waals surface area (Å²) in [6.07, 6.45) is 3.93. The number of benzene rings is 1. The maximum absolute atomic E-state index is 10.3. The normalized spacial score (nSPS) is 30.9. The minimum absolute atomic E-state index is 0.240. The van der Waals surface area contributed by atoms with Gasteiger partial charge in [-0.2, -0.15) is 0 Å². The summed E-state index contributed by atoms with van der Waals surface area (Å²) >= 11 is 0. The molecule has 0 amide bonds. The Morgan fingerprint density at radius 1 is 1.32 bits per heavy atom. The highest BCUT2D eigenvalue weighted by molar-refractivity contribution is 5.37. The lowest BCUT2D eigenvalue weighted by Crippen LogP contribution is -2.41. The second-order valence-corrected chi connectivity index (χ2v) is 6.11. The van der Waals surface area contributed by atoms with Crippen LogP contribution in [-0.2, 0) is 0 Å².